The van der Waals surface area contributed by atoms with Crippen molar-refractivity contribution < 1.29 is 19.7 Å². The Balaban J connectivity index is 0.000000352. The van der Waals surface area contributed by atoms with E-state index >= 15 is 0 Å². The molecular formula is C14H14NaO4. The quantitative estimate of drug-likeness (QED) is 0.615. The van der Waals surface area contributed by atoms with Gasteiger partial charge in [-0.15, -0.1) is 0 Å². The molecular weight excluding hydrogens is 255 g/mol. The summed E-state index contributed by atoms with van der Waals surface area (Å²) in [5.41, 5.74) is 0.435. The smallest absolute Gasteiger partial charge is 0.337 e. The minimum absolute atomic E-state index is 0. The van der Waals surface area contributed by atoms with E-state index < -0.39 is 5.97 Å². The van der Waals surface area contributed by atoms with Crippen molar-refractivity contribution in [3.05, 3.63) is 60.2 Å². The number of phenolic OH excluding ortho intramolecular Hbond substituents is 2. The molecule has 0 saturated heterocycles. The van der Waals surface area contributed by atoms with Crippen LogP contribution in [0.25, 0.3) is 0 Å². The van der Waals surface area contributed by atoms with Gasteiger partial charge in [-0.2, -0.15) is 0 Å². The van der Waals surface area contributed by atoms with Crippen LogP contribution in [0.4, 0.5) is 0 Å². The van der Waals surface area contributed by atoms with Crippen LogP contribution < -0.4 is 0 Å². The molecule has 2 aromatic carbocycles. The van der Waals surface area contributed by atoms with Gasteiger partial charge >= 0.3 is 5.97 Å². The molecule has 0 bridgehead atoms. The number of carbonyl (C=O) groups is 1. The molecule has 0 aromatic heterocycles. The van der Waals surface area contributed by atoms with Gasteiger partial charge in [0.05, 0.1) is 12.7 Å². The van der Waals surface area contributed by atoms with Gasteiger partial charge in [-0.05, 0) is 36.4 Å². The summed E-state index contributed by atoms with van der Waals surface area (Å²) in [5, 5.41) is 17.5. The molecule has 0 atom stereocenters. The zero-order valence-corrected chi connectivity index (χ0v) is 12.9. The minimum atomic E-state index is -0.398. The number of benzene rings is 2. The van der Waals surface area contributed by atoms with Crippen LogP contribution in [0.15, 0.2) is 54.6 Å². The first kappa shape index (κ1) is 17.5. The van der Waals surface area contributed by atoms with E-state index in [1.807, 2.05) is 6.07 Å². The molecule has 0 spiro atoms. The number of para-hydroxylation sites is 1. The fraction of sp³-hybridized carbons (Fsp3) is 0.0714. The van der Waals surface area contributed by atoms with Gasteiger partial charge in [-0.3, -0.25) is 0 Å². The Morgan fingerprint density at radius 2 is 1.37 bits per heavy atom. The number of carbonyl (C=O) groups excluding carboxylic acids is 1. The number of methoxy groups -OCH3 is 1. The molecule has 0 fully saturated rings. The van der Waals surface area contributed by atoms with Gasteiger partial charge in [0, 0.05) is 29.6 Å². The molecule has 5 heteroatoms. The van der Waals surface area contributed by atoms with Crippen LogP contribution in [0.1, 0.15) is 10.4 Å². The van der Waals surface area contributed by atoms with Gasteiger partial charge in [0.15, 0.2) is 0 Å². The average Bonchev–Trinajstić information content (AvgIpc) is 2.40. The molecule has 4 nitrogen and oxygen atoms in total. The third-order valence-corrected chi connectivity index (χ3v) is 2.04. The number of esters is 1. The van der Waals surface area contributed by atoms with E-state index in [9.17, 15) is 4.79 Å². The summed E-state index contributed by atoms with van der Waals surface area (Å²) in [6, 6.07) is 14.6. The molecule has 0 heterocycles. The molecule has 0 saturated carbocycles. The second kappa shape index (κ2) is 9.44. The summed E-state index contributed by atoms with van der Waals surface area (Å²) in [4.78, 5) is 10.8. The SMILES string of the molecule is COC(=O)c1ccc(O)cc1.Oc1ccccc1.[Na]. The summed E-state index contributed by atoms with van der Waals surface area (Å²) < 4.78 is 4.46. The van der Waals surface area contributed by atoms with Crippen molar-refractivity contribution in [1.29, 1.82) is 0 Å². The number of ether oxygens (including phenoxy) is 1. The van der Waals surface area contributed by atoms with Crippen molar-refractivity contribution in [2.45, 2.75) is 0 Å². The maximum Gasteiger partial charge on any atom is 0.337 e. The van der Waals surface area contributed by atoms with Crippen LogP contribution in [-0.2, 0) is 4.74 Å². The molecule has 1 radical (unpaired) electrons. The summed E-state index contributed by atoms with van der Waals surface area (Å²) in [6.07, 6.45) is 0. The second-order valence-corrected chi connectivity index (χ2v) is 3.37. The Hall–Kier alpha value is -1.49. The predicted molar refractivity (Wildman–Crippen MR) is 73.3 cm³/mol. The predicted octanol–water partition coefficient (Wildman–Crippen LogP) is 2.19. The van der Waals surface area contributed by atoms with E-state index in [2.05, 4.69) is 4.74 Å². The molecule has 2 aromatic rings. The number of hydrogen-bond donors (Lipinski definition) is 2. The topological polar surface area (TPSA) is 66.8 Å². The molecule has 0 aliphatic carbocycles. The second-order valence-electron chi connectivity index (χ2n) is 3.37. The molecule has 2 rings (SSSR count). The molecule has 19 heavy (non-hydrogen) atoms. The van der Waals surface area contributed by atoms with E-state index in [-0.39, 0.29) is 35.3 Å². The summed E-state index contributed by atoms with van der Waals surface area (Å²) in [7, 11) is 1.31. The van der Waals surface area contributed by atoms with Gasteiger partial charge in [0.1, 0.15) is 11.5 Å². The van der Waals surface area contributed by atoms with E-state index in [0.29, 0.717) is 11.3 Å². The van der Waals surface area contributed by atoms with Crippen LogP contribution in [-0.4, -0.2) is 52.8 Å². The third kappa shape index (κ3) is 6.86. The maximum atomic E-state index is 10.8. The minimum Gasteiger partial charge on any atom is -0.508 e. The van der Waals surface area contributed by atoms with Crippen molar-refractivity contribution in [1.82, 2.24) is 0 Å². The zero-order chi connectivity index (χ0) is 13.4. The van der Waals surface area contributed by atoms with Crippen molar-refractivity contribution in [2.24, 2.45) is 0 Å². The average molecular weight is 269 g/mol. The first-order valence-corrected chi connectivity index (χ1v) is 5.25. The Bertz CT molecular complexity index is 483. The van der Waals surface area contributed by atoms with E-state index in [1.54, 1.807) is 24.3 Å². The van der Waals surface area contributed by atoms with E-state index in [4.69, 9.17) is 10.2 Å². The zero-order valence-electron chi connectivity index (χ0n) is 10.9. The molecule has 0 unspecified atom stereocenters. The fourth-order valence-electron chi connectivity index (χ4n) is 1.14. The maximum absolute atomic E-state index is 10.8. The number of hydrogen-bond acceptors (Lipinski definition) is 4. The molecule has 0 amide bonds. The van der Waals surface area contributed by atoms with Crippen molar-refractivity contribution >= 4 is 35.5 Å². The van der Waals surface area contributed by atoms with Gasteiger partial charge in [-0.1, -0.05) is 18.2 Å². The first-order valence-electron chi connectivity index (χ1n) is 5.25. The van der Waals surface area contributed by atoms with Crippen molar-refractivity contribution in [3.8, 4) is 11.5 Å². The Morgan fingerprint density at radius 3 is 1.74 bits per heavy atom. The van der Waals surface area contributed by atoms with Crippen molar-refractivity contribution in [2.75, 3.05) is 7.11 Å². The van der Waals surface area contributed by atoms with Crippen LogP contribution in [0.3, 0.4) is 0 Å². The first-order chi connectivity index (χ1) is 8.63. The number of phenols is 2. The van der Waals surface area contributed by atoms with E-state index in [1.165, 1.54) is 31.4 Å². The molecule has 2 N–H and O–H groups in total. The largest absolute Gasteiger partial charge is 0.508 e. The van der Waals surface area contributed by atoms with Crippen LogP contribution >= 0.6 is 0 Å². The van der Waals surface area contributed by atoms with Gasteiger partial charge in [-0.25, -0.2) is 4.79 Å². The van der Waals surface area contributed by atoms with Gasteiger partial charge in [0.25, 0.3) is 0 Å². The Morgan fingerprint density at radius 1 is 0.895 bits per heavy atom. The molecule has 0 aliphatic heterocycles. The van der Waals surface area contributed by atoms with Crippen LogP contribution in [0, 0.1) is 0 Å². The fourth-order valence-corrected chi connectivity index (χ4v) is 1.14. The molecule has 0 aliphatic rings. The van der Waals surface area contributed by atoms with Crippen LogP contribution in [0.2, 0.25) is 0 Å². The Labute approximate surface area is 134 Å². The number of rotatable bonds is 1. The van der Waals surface area contributed by atoms with Gasteiger partial charge < -0.3 is 14.9 Å². The number of aromatic hydroxyl groups is 2. The van der Waals surface area contributed by atoms with Crippen molar-refractivity contribution in [3.63, 3.8) is 0 Å². The van der Waals surface area contributed by atoms with Gasteiger partial charge in [0.2, 0.25) is 0 Å². The standard InChI is InChI=1S/C8H8O3.C6H6O.Na/c1-11-8(10)6-2-4-7(9)5-3-6;7-6-4-2-1-3-5-6;/h2-5,9H,1H3;1-5,7H;. The van der Waals surface area contributed by atoms with Crippen LogP contribution in [0.5, 0.6) is 11.5 Å². The third-order valence-electron chi connectivity index (χ3n) is 2.04. The summed E-state index contributed by atoms with van der Waals surface area (Å²) >= 11 is 0. The van der Waals surface area contributed by atoms with E-state index in [0.717, 1.165) is 0 Å². The monoisotopic (exact) mass is 269 g/mol. The Kier molecular flexibility index (Phi) is 8.70. The summed E-state index contributed by atoms with van der Waals surface area (Å²) in [5.74, 6) is 0.0603. The normalized spacial score (nSPS) is 8.47. The summed E-state index contributed by atoms with van der Waals surface area (Å²) in [6.45, 7) is 0. The molecule has 95 valence electrons.